The zero-order chi connectivity index (χ0) is 18.1. The van der Waals surface area contributed by atoms with Crippen molar-refractivity contribution in [2.45, 2.75) is 19.4 Å². The maximum absolute atomic E-state index is 12.7. The van der Waals surface area contributed by atoms with Crippen LogP contribution >= 0.6 is 11.6 Å². The van der Waals surface area contributed by atoms with Gasteiger partial charge in [-0.1, -0.05) is 24.6 Å². The molecule has 0 fully saturated rings. The predicted molar refractivity (Wildman–Crippen MR) is 92.5 cm³/mol. The Labute approximate surface area is 149 Å². The molecule has 128 valence electrons. The molecule has 6 nitrogen and oxygen atoms in total. The van der Waals surface area contributed by atoms with Gasteiger partial charge in [-0.15, -0.1) is 0 Å². The molecule has 3 rings (SSSR count). The Morgan fingerprint density at radius 3 is 2.72 bits per heavy atom. The quantitative estimate of drug-likeness (QED) is 0.874. The van der Waals surface area contributed by atoms with E-state index < -0.39 is 17.7 Å². The molecule has 0 bridgehead atoms. The van der Waals surface area contributed by atoms with Crippen molar-refractivity contribution < 1.29 is 19.8 Å². The van der Waals surface area contributed by atoms with Gasteiger partial charge in [-0.25, -0.2) is 0 Å². The minimum Gasteiger partial charge on any atom is -0.506 e. The van der Waals surface area contributed by atoms with Gasteiger partial charge in [-0.05, 0) is 29.8 Å². The van der Waals surface area contributed by atoms with Crippen molar-refractivity contribution in [1.82, 2.24) is 4.98 Å². The van der Waals surface area contributed by atoms with Crippen LogP contribution in [0.3, 0.4) is 0 Å². The number of nitrogens with zero attached hydrogens (tertiary/aromatic N) is 2. The predicted octanol–water partition coefficient (Wildman–Crippen LogP) is 3.32. The number of phenolic OH excluding ortho intramolecular Hbond substituents is 1. The molecule has 25 heavy (non-hydrogen) atoms. The number of aliphatic hydroxyl groups is 1. The maximum Gasteiger partial charge on any atom is 0.294 e. The highest BCUT2D eigenvalue weighted by atomic mass is 35.5. The first-order chi connectivity index (χ1) is 12.0. The lowest BCUT2D eigenvalue weighted by Gasteiger charge is -2.27. The molecule has 1 aliphatic rings. The van der Waals surface area contributed by atoms with Crippen LogP contribution in [0.4, 0.5) is 5.69 Å². The van der Waals surface area contributed by atoms with Crippen LogP contribution in [0.2, 0.25) is 5.02 Å². The molecule has 2 aromatic rings. The van der Waals surface area contributed by atoms with Crippen LogP contribution in [-0.2, 0) is 9.59 Å². The molecule has 0 saturated heterocycles. The molecule has 1 unspecified atom stereocenters. The summed E-state index contributed by atoms with van der Waals surface area (Å²) in [7, 11) is 0. The first-order valence-corrected chi connectivity index (χ1v) is 8.01. The van der Waals surface area contributed by atoms with Crippen LogP contribution in [0.15, 0.2) is 54.1 Å². The van der Waals surface area contributed by atoms with Crippen molar-refractivity contribution in [3.05, 3.63) is 64.6 Å². The van der Waals surface area contributed by atoms with E-state index in [1.807, 2.05) is 0 Å². The number of carbonyl (C=O) groups excluding carboxylic acids is 2. The molecule has 0 radical (unpaired) electrons. The van der Waals surface area contributed by atoms with Gasteiger partial charge in [0, 0.05) is 23.8 Å². The lowest BCUT2D eigenvalue weighted by atomic mass is 9.96. The fourth-order valence-corrected chi connectivity index (χ4v) is 3.04. The molecule has 2 N–H and O–H groups in total. The summed E-state index contributed by atoms with van der Waals surface area (Å²) in [6, 6.07) is 6.70. The van der Waals surface area contributed by atoms with E-state index in [9.17, 15) is 19.8 Å². The molecule has 0 aliphatic carbocycles. The number of halogens is 1. The van der Waals surface area contributed by atoms with Crippen LogP contribution in [0.5, 0.6) is 5.75 Å². The van der Waals surface area contributed by atoms with Crippen LogP contribution in [0, 0.1) is 0 Å². The zero-order valence-corrected chi connectivity index (χ0v) is 14.1. The number of phenols is 1. The van der Waals surface area contributed by atoms with Gasteiger partial charge < -0.3 is 10.2 Å². The number of Topliss-reactive ketones (excluding diaryl/α,β-unsaturated/α-hetero) is 1. The molecule has 0 saturated carbocycles. The molecule has 1 aromatic carbocycles. The zero-order valence-electron chi connectivity index (χ0n) is 13.3. The summed E-state index contributed by atoms with van der Waals surface area (Å²) in [5, 5.41) is 20.8. The largest absolute Gasteiger partial charge is 0.506 e. The number of aromatic nitrogens is 1. The topological polar surface area (TPSA) is 90.7 Å². The van der Waals surface area contributed by atoms with Gasteiger partial charge in [0.2, 0.25) is 0 Å². The summed E-state index contributed by atoms with van der Waals surface area (Å²) >= 11 is 5.99. The second kappa shape index (κ2) is 6.57. The molecular weight excluding hydrogens is 344 g/mol. The minimum atomic E-state index is -0.891. The average Bonchev–Trinajstić information content (AvgIpc) is 2.88. The van der Waals surface area contributed by atoms with Gasteiger partial charge >= 0.3 is 0 Å². The third-order valence-electron chi connectivity index (χ3n) is 4.03. The number of pyridine rings is 1. The van der Waals surface area contributed by atoms with Crippen molar-refractivity contribution in [3.8, 4) is 5.75 Å². The monoisotopic (exact) mass is 358 g/mol. The Kier molecular flexibility index (Phi) is 4.46. The summed E-state index contributed by atoms with van der Waals surface area (Å²) in [6.07, 6.45) is 3.19. The highest BCUT2D eigenvalue weighted by Crippen LogP contribution is 2.44. The summed E-state index contributed by atoms with van der Waals surface area (Å²) < 4.78 is 0. The third-order valence-corrected chi connectivity index (χ3v) is 4.26. The van der Waals surface area contributed by atoms with Gasteiger partial charge in [0.1, 0.15) is 5.75 Å². The normalized spacial score (nSPS) is 17.3. The molecule has 1 aliphatic heterocycles. The summed E-state index contributed by atoms with van der Waals surface area (Å²) in [5.74, 6) is -1.95. The molecule has 7 heteroatoms. The SMILES string of the molecule is CCC(=O)C1=C(O)C(=O)N(c2cc(Cl)ccc2O)C1c1cccnc1. The number of amides is 1. The maximum atomic E-state index is 12.7. The Balaban J connectivity index is 2.22. The third kappa shape index (κ3) is 2.85. The van der Waals surface area contributed by atoms with Gasteiger partial charge in [0.05, 0.1) is 17.3 Å². The smallest absolute Gasteiger partial charge is 0.294 e. The lowest BCUT2D eigenvalue weighted by molar-refractivity contribution is -0.118. The standard InChI is InChI=1S/C18H15ClN2O4/c1-2-13(22)15-16(10-4-3-7-20-9-10)21(18(25)17(15)24)12-8-11(19)5-6-14(12)23/h3-9,16,23-24H,2H2,1H3. The van der Waals surface area contributed by atoms with Crippen molar-refractivity contribution in [3.63, 3.8) is 0 Å². The van der Waals surface area contributed by atoms with E-state index in [2.05, 4.69) is 4.98 Å². The second-order valence-electron chi connectivity index (χ2n) is 5.54. The fraction of sp³-hybridized carbons (Fsp3) is 0.167. The Hall–Kier alpha value is -2.86. The first kappa shape index (κ1) is 17.0. The van der Waals surface area contributed by atoms with E-state index >= 15 is 0 Å². The Morgan fingerprint density at radius 2 is 2.08 bits per heavy atom. The van der Waals surface area contributed by atoms with Crippen molar-refractivity contribution >= 4 is 29.0 Å². The van der Waals surface area contributed by atoms with Gasteiger partial charge in [0.15, 0.2) is 11.5 Å². The average molecular weight is 359 g/mol. The van der Waals surface area contributed by atoms with E-state index in [0.717, 1.165) is 4.90 Å². The Morgan fingerprint density at radius 1 is 1.32 bits per heavy atom. The van der Waals surface area contributed by atoms with Crippen molar-refractivity contribution in [2.75, 3.05) is 4.90 Å². The van der Waals surface area contributed by atoms with Crippen LogP contribution < -0.4 is 4.90 Å². The first-order valence-electron chi connectivity index (χ1n) is 7.64. The number of ketones is 1. The van der Waals surface area contributed by atoms with E-state index in [1.54, 1.807) is 25.3 Å². The summed E-state index contributed by atoms with van der Waals surface area (Å²) in [4.78, 5) is 30.2. The van der Waals surface area contributed by atoms with Crippen LogP contribution in [0.25, 0.3) is 0 Å². The number of benzene rings is 1. The van der Waals surface area contributed by atoms with E-state index in [0.29, 0.717) is 10.6 Å². The number of carbonyl (C=O) groups is 2. The fourth-order valence-electron chi connectivity index (χ4n) is 2.87. The molecule has 2 heterocycles. The van der Waals surface area contributed by atoms with E-state index in [4.69, 9.17) is 11.6 Å². The van der Waals surface area contributed by atoms with Crippen LogP contribution in [0.1, 0.15) is 24.9 Å². The molecule has 1 aromatic heterocycles. The number of aromatic hydroxyl groups is 1. The number of aliphatic hydroxyl groups excluding tert-OH is 1. The molecule has 0 spiro atoms. The second-order valence-corrected chi connectivity index (χ2v) is 5.97. The number of rotatable bonds is 4. The molecular formula is C18H15ClN2O4. The highest BCUT2D eigenvalue weighted by Gasteiger charge is 2.44. The minimum absolute atomic E-state index is 0.0140. The van der Waals surface area contributed by atoms with E-state index in [-0.39, 0.29) is 29.2 Å². The highest BCUT2D eigenvalue weighted by molar-refractivity contribution is 6.31. The molecule has 1 atom stereocenters. The summed E-state index contributed by atoms with van der Waals surface area (Å²) in [6.45, 7) is 1.65. The number of hydrogen-bond donors (Lipinski definition) is 2. The van der Waals surface area contributed by atoms with Crippen LogP contribution in [-0.4, -0.2) is 26.9 Å². The number of hydrogen-bond acceptors (Lipinski definition) is 5. The van der Waals surface area contributed by atoms with Crippen molar-refractivity contribution in [1.29, 1.82) is 0 Å². The lowest BCUT2D eigenvalue weighted by Crippen LogP contribution is -2.31. The van der Waals surface area contributed by atoms with Gasteiger partial charge in [0.25, 0.3) is 5.91 Å². The summed E-state index contributed by atoms with van der Waals surface area (Å²) in [5.41, 5.74) is 0.632. The molecule has 1 amide bonds. The van der Waals surface area contributed by atoms with Crippen molar-refractivity contribution in [2.24, 2.45) is 0 Å². The number of anilines is 1. The Bertz CT molecular complexity index is 880. The van der Waals surface area contributed by atoms with Gasteiger partial charge in [-0.3, -0.25) is 19.5 Å². The van der Waals surface area contributed by atoms with Gasteiger partial charge in [-0.2, -0.15) is 0 Å². The van der Waals surface area contributed by atoms with E-state index in [1.165, 1.54) is 24.4 Å².